The van der Waals surface area contributed by atoms with Crippen LogP contribution in [0.4, 0.5) is 11.4 Å². The normalized spacial score (nSPS) is 17.7. The van der Waals surface area contributed by atoms with Crippen molar-refractivity contribution in [3.8, 4) is 0 Å². The molecule has 0 heterocycles. The molecule has 1 aromatic carbocycles. The molecule has 4 nitrogen and oxygen atoms in total. The van der Waals surface area contributed by atoms with Crippen LogP contribution >= 0.6 is 22.6 Å². The molecule has 1 aliphatic carbocycles. The molecule has 1 fully saturated rings. The lowest BCUT2D eigenvalue weighted by Gasteiger charge is -2.24. The maximum atomic E-state index is 10.7. The highest BCUT2D eigenvalue weighted by atomic mass is 127. The van der Waals surface area contributed by atoms with Gasteiger partial charge in [-0.05, 0) is 53.0 Å². The third-order valence-corrected chi connectivity index (χ3v) is 4.54. The standard InChI is InChI=1S/C13H17IN2O2/c1-13(6-2-3-7-13)9-15-10-4-5-12(16(17)18)11(14)8-10/h4-5,8,15H,2-3,6-7,9H2,1H3. The van der Waals surface area contributed by atoms with Gasteiger partial charge in [-0.15, -0.1) is 0 Å². The molecule has 1 N–H and O–H groups in total. The van der Waals surface area contributed by atoms with Crippen molar-refractivity contribution in [2.75, 3.05) is 11.9 Å². The van der Waals surface area contributed by atoms with Gasteiger partial charge in [-0.1, -0.05) is 19.8 Å². The molecule has 0 aromatic heterocycles. The highest BCUT2D eigenvalue weighted by Crippen LogP contribution is 2.37. The Morgan fingerprint density at radius 1 is 1.44 bits per heavy atom. The monoisotopic (exact) mass is 360 g/mol. The molecule has 1 aliphatic rings. The van der Waals surface area contributed by atoms with Crippen LogP contribution in [0, 0.1) is 19.1 Å². The van der Waals surface area contributed by atoms with E-state index >= 15 is 0 Å². The summed E-state index contributed by atoms with van der Waals surface area (Å²) in [5.41, 5.74) is 1.53. The van der Waals surface area contributed by atoms with Crippen LogP contribution in [-0.2, 0) is 0 Å². The minimum absolute atomic E-state index is 0.174. The van der Waals surface area contributed by atoms with Crippen molar-refractivity contribution in [3.63, 3.8) is 0 Å². The van der Waals surface area contributed by atoms with E-state index in [1.807, 2.05) is 28.7 Å². The van der Waals surface area contributed by atoms with Gasteiger partial charge in [0.1, 0.15) is 0 Å². The first-order valence-corrected chi connectivity index (χ1v) is 7.26. The molecule has 0 radical (unpaired) electrons. The first-order chi connectivity index (χ1) is 8.50. The minimum Gasteiger partial charge on any atom is -0.384 e. The Morgan fingerprint density at radius 3 is 2.67 bits per heavy atom. The van der Waals surface area contributed by atoms with Crippen molar-refractivity contribution in [2.24, 2.45) is 5.41 Å². The second-order valence-electron chi connectivity index (χ2n) is 5.29. The smallest absolute Gasteiger partial charge is 0.282 e. The summed E-state index contributed by atoms with van der Waals surface area (Å²) in [5.74, 6) is 0. The molecule has 18 heavy (non-hydrogen) atoms. The summed E-state index contributed by atoms with van der Waals surface area (Å²) in [6.07, 6.45) is 5.17. The Balaban J connectivity index is 2.02. The van der Waals surface area contributed by atoms with Crippen molar-refractivity contribution in [1.29, 1.82) is 0 Å². The van der Waals surface area contributed by atoms with Gasteiger partial charge in [0.25, 0.3) is 5.69 Å². The number of hydrogen-bond acceptors (Lipinski definition) is 3. The van der Waals surface area contributed by atoms with Crippen LogP contribution in [0.1, 0.15) is 32.6 Å². The number of rotatable bonds is 4. The molecule has 1 aromatic rings. The van der Waals surface area contributed by atoms with Gasteiger partial charge < -0.3 is 5.32 Å². The first-order valence-electron chi connectivity index (χ1n) is 6.18. The van der Waals surface area contributed by atoms with E-state index in [2.05, 4.69) is 12.2 Å². The summed E-state index contributed by atoms with van der Waals surface area (Å²) in [5, 5.41) is 14.1. The topological polar surface area (TPSA) is 55.2 Å². The lowest BCUT2D eigenvalue weighted by molar-refractivity contribution is -0.385. The number of hydrogen-bond donors (Lipinski definition) is 1. The van der Waals surface area contributed by atoms with Gasteiger partial charge in [-0.2, -0.15) is 0 Å². The number of nitrogens with one attached hydrogen (secondary N) is 1. The van der Waals surface area contributed by atoms with Crippen LogP contribution in [0.15, 0.2) is 18.2 Å². The summed E-state index contributed by atoms with van der Waals surface area (Å²) in [7, 11) is 0. The molecule has 0 amide bonds. The van der Waals surface area contributed by atoms with Crippen LogP contribution in [0.25, 0.3) is 0 Å². The number of nitro groups is 1. The van der Waals surface area contributed by atoms with Gasteiger partial charge in [0.2, 0.25) is 0 Å². The van der Waals surface area contributed by atoms with E-state index in [-0.39, 0.29) is 10.6 Å². The summed E-state index contributed by atoms with van der Waals surface area (Å²) >= 11 is 2.01. The van der Waals surface area contributed by atoms with Crippen LogP contribution in [-0.4, -0.2) is 11.5 Å². The molecule has 2 rings (SSSR count). The zero-order chi connectivity index (χ0) is 13.2. The SMILES string of the molecule is CC1(CNc2ccc([N+](=O)[O-])c(I)c2)CCCC1. The van der Waals surface area contributed by atoms with E-state index in [1.54, 1.807) is 12.1 Å². The lowest BCUT2D eigenvalue weighted by atomic mass is 9.89. The average Bonchev–Trinajstić information content (AvgIpc) is 2.74. The fraction of sp³-hybridized carbons (Fsp3) is 0.538. The quantitative estimate of drug-likeness (QED) is 0.498. The van der Waals surface area contributed by atoms with E-state index in [1.165, 1.54) is 25.7 Å². The lowest BCUT2D eigenvalue weighted by Crippen LogP contribution is -2.22. The van der Waals surface area contributed by atoms with Gasteiger partial charge in [-0.3, -0.25) is 10.1 Å². The number of nitrogens with zero attached hydrogens (tertiary/aromatic N) is 1. The second-order valence-corrected chi connectivity index (χ2v) is 6.46. The second kappa shape index (κ2) is 5.42. The van der Waals surface area contributed by atoms with E-state index in [9.17, 15) is 10.1 Å². The van der Waals surface area contributed by atoms with Gasteiger partial charge in [0.15, 0.2) is 0 Å². The van der Waals surface area contributed by atoms with Crippen LogP contribution in [0.3, 0.4) is 0 Å². The average molecular weight is 360 g/mol. The summed E-state index contributed by atoms with van der Waals surface area (Å²) in [6.45, 7) is 3.25. The zero-order valence-electron chi connectivity index (χ0n) is 10.4. The van der Waals surface area contributed by atoms with Crippen molar-refractivity contribution < 1.29 is 4.92 Å². The zero-order valence-corrected chi connectivity index (χ0v) is 12.6. The minimum atomic E-state index is -0.343. The number of benzene rings is 1. The molecule has 1 saturated carbocycles. The number of anilines is 1. The van der Waals surface area contributed by atoms with Gasteiger partial charge >= 0.3 is 0 Å². The third kappa shape index (κ3) is 3.13. The van der Waals surface area contributed by atoms with Crippen molar-refractivity contribution in [1.82, 2.24) is 0 Å². The molecule has 0 saturated heterocycles. The Bertz CT molecular complexity index is 456. The van der Waals surface area contributed by atoms with Crippen LogP contribution in [0.5, 0.6) is 0 Å². The summed E-state index contributed by atoms with van der Waals surface area (Å²) in [4.78, 5) is 10.4. The molecular formula is C13H17IN2O2. The number of nitro benzene ring substituents is 1. The molecule has 0 bridgehead atoms. The highest BCUT2D eigenvalue weighted by molar-refractivity contribution is 14.1. The Kier molecular flexibility index (Phi) is 4.09. The number of halogens is 1. The first kappa shape index (κ1) is 13.6. The van der Waals surface area contributed by atoms with E-state index in [4.69, 9.17) is 0 Å². The molecule has 98 valence electrons. The maximum Gasteiger partial charge on any atom is 0.282 e. The van der Waals surface area contributed by atoms with E-state index in [0.717, 1.165) is 12.2 Å². The largest absolute Gasteiger partial charge is 0.384 e. The van der Waals surface area contributed by atoms with Gasteiger partial charge in [0, 0.05) is 18.3 Å². The summed E-state index contributed by atoms with van der Waals surface area (Å²) < 4.78 is 0.680. The Hall–Kier alpha value is -0.850. The van der Waals surface area contributed by atoms with Gasteiger partial charge in [0.05, 0.1) is 8.49 Å². The molecule has 0 unspecified atom stereocenters. The maximum absolute atomic E-state index is 10.7. The fourth-order valence-electron chi connectivity index (χ4n) is 2.49. The predicted octanol–water partition coefficient (Wildman–Crippen LogP) is 4.19. The van der Waals surface area contributed by atoms with Gasteiger partial charge in [-0.25, -0.2) is 0 Å². The Morgan fingerprint density at radius 2 is 2.11 bits per heavy atom. The molecule has 0 spiro atoms. The predicted molar refractivity (Wildman–Crippen MR) is 80.9 cm³/mol. The van der Waals surface area contributed by atoms with Crippen molar-refractivity contribution in [2.45, 2.75) is 32.6 Å². The van der Waals surface area contributed by atoms with Crippen LogP contribution in [0.2, 0.25) is 0 Å². The van der Waals surface area contributed by atoms with E-state index < -0.39 is 0 Å². The molecule has 0 aliphatic heterocycles. The van der Waals surface area contributed by atoms with Crippen molar-refractivity contribution >= 4 is 34.0 Å². The summed E-state index contributed by atoms with van der Waals surface area (Å²) in [6, 6.07) is 5.21. The van der Waals surface area contributed by atoms with Crippen LogP contribution < -0.4 is 5.32 Å². The molecular weight excluding hydrogens is 343 g/mol. The third-order valence-electron chi connectivity index (χ3n) is 3.67. The fourth-order valence-corrected chi connectivity index (χ4v) is 3.20. The molecule has 0 atom stereocenters. The molecule has 5 heteroatoms. The van der Waals surface area contributed by atoms with E-state index in [0.29, 0.717) is 8.99 Å². The van der Waals surface area contributed by atoms with Crippen molar-refractivity contribution in [3.05, 3.63) is 31.9 Å². The Labute approximate surface area is 120 Å². The highest BCUT2D eigenvalue weighted by Gasteiger charge is 2.28.